The van der Waals surface area contributed by atoms with E-state index >= 15 is 0 Å². The molecule has 0 unspecified atom stereocenters. The first-order valence-electron chi connectivity index (χ1n) is 4.63. The van der Waals surface area contributed by atoms with Crippen molar-refractivity contribution < 1.29 is 18.7 Å². The highest BCUT2D eigenvalue weighted by atomic mass is 19.1. The van der Waals surface area contributed by atoms with Crippen LogP contribution in [0.1, 0.15) is 19.3 Å². The van der Waals surface area contributed by atoms with Gasteiger partial charge in [0.1, 0.15) is 11.7 Å². The zero-order valence-electron chi connectivity index (χ0n) is 7.96. The monoisotopic (exact) mass is 201 g/mol. The smallest absolute Gasteiger partial charge is 0.331 e. The Bertz CT molecular complexity index is 294. The van der Waals surface area contributed by atoms with Crippen LogP contribution in [0.3, 0.4) is 0 Å². The maximum absolute atomic E-state index is 13.2. The van der Waals surface area contributed by atoms with E-state index in [1.807, 2.05) is 0 Å². The van der Waals surface area contributed by atoms with Crippen molar-refractivity contribution >= 4 is 11.9 Å². The Morgan fingerprint density at radius 3 is 3.07 bits per heavy atom. The third kappa shape index (κ3) is 1.04. The fourth-order valence-electron chi connectivity index (χ4n) is 2.43. The van der Waals surface area contributed by atoms with Gasteiger partial charge in [-0.1, -0.05) is 0 Å². The summed E-state index contributed by atoms with van der Waals surface area (Å²) in [6.45, 7) is 0.0356. The number of hydrogen-bond donors (Lipinski definition) is 0. The third-order valence-corrected chi connectivity index (χ3v) is 3.08. The van der Waals surface area contributed by atoms with Crippen molar-refractivity contribution in [1.82, 2.24) is 4.90 Å². The first-order chi connectivity index (χ1) is 6.60. The summed E-state index contributed by atoms with van der Waals surface area (Å²) in [4.78, 5) is 24.2. The summed E-state index contributed by atoms with van der Waals surface area (Å²) in [6, 6.07) is 0. The van der Waals surface area contributed by atoms with Crippen LogP contribution >= 0.6 is 0 Å². The second-order valence-corrected chi connectivity index (χ2v) is 3.83. The molecule has 5 heteroatoms. The van der Waals surface area contributed by atoms with Gasteiger partial charge >= 0.3 is 5.97 Å². The minimum absolute atomic E-state index is 0.0356. The summed E-state index contributed by atoms with van der Waals surface area (Å²) in [5.41, 5.74) is -0.995. The third-order valence-electron chi connectivity index (χ3n) is 3.08. The highest BCUT2D eigenvalue weighted by Gasteiger charge is 2.57. The predicted molar refractivity (Wildman–Crippen MR) is 45.2 cm³/mol. The Hall–Kier alpha value is -1.13. The molecule has 78 valence electrons. The van der Waals surface area contributed by atoms with Gasteiger partial charge in [0.15, 0.2) is 0 Å². The van der Waals surface area contributed by atoms with Crippen LogP contribution in [0.4, 0.5) is 4.39 Å². The van der Waals surface area contributed by atoms with Crippen molar-refractivity contribution in [2.24, 2.45) is 0 Å². The fourth-order valence-corrected chi connectivity index (χ4v) is 2.43. The molecule has 1 amide bonds. The molecule has 0 aliphatic carbocycles. The Kier molecular flexibility index (Phi) is 1.97. The molecule has 0 N–H and O–H groups in total. The molecule has 14 heavy (non-hydrogen) atoms. The molecule has 0 spiro atoms. The largest absolute Gasteiger partial charge is 0.467 e. The van der Waals surface area contributed by atoms with Gasteiger partial charge in [0.2, 0.25) is 5.91 Å². The number of ether oxygens (including phenoxy) is 1. The summed E-state index contributed by atoms with van der Waals surface area (Å²) < 4.78 is 17.8. The van der Waals surface area contributed by atoms with Gasteiger partial charge < -0.3 is 9.64 Å². The average Bonchev–Trinajstić information content (AvgIpc) is 2.64. The van der Waals surface area contributed by atoms with Gasteiger partial charge in [0.05, 0.1) is 13.7 Å². The van der Waals surface area contributed by atoms with Crippen LogP contribution in [0.25, 0.3) is 0 Å². The summed E-state index contributed by atoms with van der Waals surface area (Å²) in [7, 11) is 1.27. The van der Waals surface area contributed by atoms with Crippen LogP contribution < -0.4 is 0 Å². The standard InChI is InChI=1S/C9H12FNO3/c1-14-8(13)9-3-2-7(12)11(9)5-6(10)4-9/h6H,2-5H2,1H3/t6-,9+/m1/s1. The number of fused-ring (bicyclic) bond motifs is 1. The summed E-state index contributed by atoms with van der Waals surface area (Å²) >= 11 is 0. The lowest BCUT2D eigenvalue weighted by molar-refractivity contribution is -0.155. The Morgan fingerprint density at radius 2 is 2.43 bits per heavy atom. The molecule has 2 aliphatic rings. The zero-order chi connectivity index (χ0) is 10.3. The highest BCUT2D eigenvalue weighted by Crippen LogP contribution is 2.41. The summed E-state index contributed by atoms with van der Waals surface area (Å²) in [6.07, 6.45) is -0.301. The molecule has 2 saturated heterocycles. The highest BCUT2D eigenvalue weighted by molar-refractivity contribution is 5.92. The minimum Gasteiger partial charge on any atom is -0.467 e. The van der Waals surface area contributed by atoms with E-state index in [1.165, 1.54) is 12.0 Å². The van der Waals surface area contributed by atoms with E-state index < -0.39 is 17.7 Å². The maximum Gasteiger partial charge on any atom is 0.331 e. The molecule has 0 aromatic heterocycles. The SMILES string of the molecule is COC(=O)[C@@]12CCC(=O)N1C[C@H](F)C2. The molecule has 0 aromatic carbocycles. The zero-order valence-corrected chi connectivity index (χ0v) is 7.96. The van der Waals surface area contributed by atoms with Gasteiger partial charge in [-0.05, 0) is 6.42 Å². The first kappa shape index (κ1) is 9.43. The number of rotatable bonds is 1. The van der Waals surface area contributed by atoms with Crippen LogP contribution in [0.15, 0.2) is 0 Å². The molecule has 0 aromatic rings. The molecule has 2 fully saturated rings. The molecule has 2 atom stereocenters. The number of nitrogens with zero attached hydrogens (tertiary/aromatic N) is 1. The molecule has 2 heterocycles. The molecule has 2 aliphatic heterocycles. The summed E-state index contributed by atoms with van der Waals surface area (Å²) in [5.74, 6) is -0.626. The lowest BCUT2D eigenvalue weighted by atomic mass is 9.94. The van der Waals surface area contributed by atoms with Gasteiger partial charge in [0.25, 0.3) is 0 Å². The summed E-state index contributed by atoms with van der Waals surface area (Å²) in [5, 5.41) is 0. The fraction of sp³-hybridized carbons (Fsp3) is 0.778. The number of hydrogen-bond acceptors (Lipinski definition) is 3. The number of carbonyl (C=O) groups is 2. The van der Waals surface area contributed by atoms with Crippen LogP contribution in [-0.2, 0) is 14.3 Å². The van der Waals surface area contributed by atoms with E-state index in [-0.39, 0.29) is 18.9 Å². The van der Waals surface area contributed by atoms with Crippen molar-refractivity contribution in [3.63, 3.8) is 0 Å². The van der Waals surface area contributed by atoms with Crippen LogP contribution in [0.5, 0.6) is 0 Å². The van der Waals surface area contributed by atoms with Crippen LogP contribution in [-0.4, -0.2) is 42.1 Å². The Labute approximate surface area is 81.0 Å². The number of amides is 1. The van der Waals surface area contributed by atoms with Gasteiger partial charge in [-0.15, -0.1) is 0 Å². The lowest BCUT2D eigenvalue weighted by Gasteiger charge is -2.27. The van der Waals surface area contributed by atoms with Crippen molar-refractivity contribution in [2.75, 3.05) is 13.7 Å². The van der Waals surface area contributed by atoms with Crippen molar-refractivity contribution in [1.29, 1.82) is 0 Å². The van der Waals surface area contributed by atoms with E-state index in [0.29, 0.717) is 12.8 Å². The van der Waals surface area contributed by atoms with E-state index in [2.05, 4.69) is 4.74 Å². The van der Waals surface area contributed by atoms with Crippen molar-refractivity contribution in [3.05, 3.63) is 0 Å². The molecule has 0 saturated carbocycles. The van der Waals surface area contributed by atoms with Gasteiger partial charge in [0, 0.05) is 12.8 Å². The number of esters is 1. The van der Waals surface area contributed by atoms with Crippen molar-refractivity contribution in [2.45, 2.75) is 31.0 Å². The number of halogens is 1. The van der Waals surface area contributed by atoms with E-state index in [4.69, 9.17) is 0 Å². The topological polar surface area (TPSA) is 46.6 Å². The van der Waals surface area contributed by atoms with Gasteiger partial charge in [-0.3, -0.25) is 4.79 Å². The molecular formula is C9H12FNO3. The Balaban J connectivity index is 2.31. The number of alkyl halides is 1. The first-order valence-corrected chi connectivity index (χ1v) is 4.63. The van der Waals surface area contributed by atoms with Gasteiger partial charge in [-0.25, -0.2) is 9.18 Å². The average molecular weight is 201 g/mol. The maximum atomic E-state index is 13.2. The quantitative estimate of drug-likeness (QED) is 0.572. The lowest BCUT2D eigenvalue weighted by Crippen LogP contribution is -2.47. The predicted octanol–water partition coefficient (Wildman–Crippen LogP) is 0.262. The van der Waals surface area contributed by atoms with E-state index in [0.717, 1.165) is 0 Å². The van der Waals surface area contributed by atoms with Crippen LogP contribution in [0.2, 0.25) is 0 Å². The van der Waals surface area contributed by atoms with Gasteiger partial charge in [-0.2, -0.15) is 0 Å². The number of methoxy groups -OCH3 is 1. The van der Waals surface area contributed by atoms with E-state index in [9.17, 15) is 14.0 Å². The van der Waals surface area contributed by atoms with E-state index in [1.54, 1.807) is 0 Å². The second kappa shape index (κ2) is 2.93. The number of carbonyl (C=O) groups excluding carboxylic acids is 2. The minimum atomic E-state index is -1.10. The molecule has 0 radical (unpaired) electrons. The Morgan fingerprint density at radius 1 is 1.71 bits per heavy atom. The van der Waals surface area contributed by atoms with Crippen molar-refractivity contribution in [3.8, 4) is 0 Å². The van der Waals surface area contributed by atoms with Crippen LogP contribution in [0, 0.1) is 0 Å². The molecule has 0 bridgehead atoms. The molecular weight excluding hydrogens is 189 g/mol. The normalized spacial score (nSPS) is 36.0. The molecule has 4 nitrogen and oxygen atoms in total. The second-order valence-electron chi connectivity index (χ2n) is 3.83. The molecule has 2 rings (SSSR count).